The van der Waals surface area contributed by atoms with Gasteiger partial charge < -0.3 is 5.73 Å². The summed E-state index contributed by atoms with van der Waals surface area (Å²) in [5.41, 5.74) is 5.26. The molecule has 2 N–H and O–H groups in total. The summed E-state index contributed by atoms with van der Waals surface area (Å²) in [6.45, 7) is 2.95. The van der Waals surface area contributed by atoms with E-state index in [1.165, 1.54) is 6.42 Å². The Kier molecular flexibility index (Phi) is 4.88. The first-order valence-electron chi connectivity index (χ1n) is 2.61. The van der Waals surface area contributed by atoms with Gasteiger partial charge in [0.25, 0.3) is 0 Å². The third kappa shape index (κ3) is 6.44. The highest BCUT2D eigenvalue weighted by molar-refractivity contribution is 9.09. The zero-order chi connectivity index (χ0) is 5.70. The summed E-state index contributed by atoms with van der Waals surface area (Å²) in [6, 6.07) is 0. The highest BCUT2D eigenvalue weighted by atomic mass is 79.9. The lowest BCUT2D eigenvalue weighted by molar-refractivity contribution is 0.746. The van der Waals surface area contributed by atoms with E-state index in [0.29, 0.717) is 4.83 Å². The fourth-order valence-corrected chi connectivity index (χ4v) is 0.723. The standard InChI is InChI=1S/C5H12BrN/c1-5(6)3-2-4-7/h5H,2-4,7H2,1H3. The van der Waals surface area contributed by atoms with Gasteiger partial charge in [-0.05, 0) is 19.4 Å². The van der Waals surface area contributed by atoms with E-state index in [1.807, 2.05) is 0 Å². The third-order valence-electron chi connectivity index (χ3n) is 0.806. The van der Waals surface area contributed by atoms with Crippen molar-refractivity contribution in [3.63, 3.8) is 0 Å². The number of halogens is 1. The van der Waals surface area contributed by atoms with Crippen LogP contribution in [0.2, 0.25) is 0 Å². The van der Waals surface area contributed by atoms with Crippen LogP contribution in [0.5, 0.6) is 0 Å². The molecule has 0 aromatic carbocycles. The lowest BCUT2D eigenvalue weighted by atomic mass is 10.2. The fraction of sp³-hybridized carbons (Fsp3) is 1.00. The molecule has 0 aromatic heterocycles. The summed E-state index contributed by atoms with van der Waals surface area (Å²) < 4.78 is 0. The van der Waals surface area contributed by atoms with Gasteiger partial charge >= 0.3 is 0 Å². The van der Waals surface area contributed by atoms with E-state index in [9.17, 15) is 0 Å². The molecule has 0 saturated carbocycles. The molecule has 0 aliphatic heterocycles. The number of hydrogen-bond donors (Lipinski definition) is 1. The minimum absolute atomic E-state index is 0.635. The number of hydrogen-bond acceptors (Lipinski definition) is 1. The molecule has 2 heteroatoms. The van der Waals surface area contributed by atoms with Crippen LogP contribution >= 0.6 is 15.9 Å². The monoisotopic (exact) mass is 165 g/mol. The van der Waals surface area contributed by atoms with Crippen LogP contribution in [-0.2, 0) is 0 Å². The Labute approximate surface area is 53.4 Å². The second-order valence-corrected chi connectivity index (χ2v) is 3.27. The molecule has 0 rings (SSSR count). The van der Waals surface area contributed by atoms with Crippen molar-refractivity contribution in [1.82, 2.24) is 0 Å². The molecule has 0 aliphatic rings. The van der Waals surface area contributed by atoms with Crippen molar-refractivity contribution in [3.8, 4) is 0 Å². The van der Waals surface area contributed by atoms with Gasteiger partial charge in [0, 0.05) is 4.83 Å². The first-order chi connectivity index (χ1) is 3.27. The van der Waals surface area contributed by atoms with E-state index in [-0.39, 0.29) is 0 Å². The van der Waals surface area contributed by atoms with Crippen LogP contribution in [0.1, 0.15) is 19.8 Å². The maximum Gasteiger partial charge on any atom is 0.0118 e. The average Bonchev–Trinajstić information content (AvgIpc) is 1.61. The van der Waals surface area contributed by atoms with Gasteiger partial charge in [-0.2, -0.15) is 0 Å². The largest absolute Gasteiger partial charge is 0.330 e. The van der Waals surface area contributed by atoms with Crippen LogP contribution in [0.3, 0.4) is 0 Å². The number of nitrogens with two attached hydrogens (primary N) is 1. The number of rotatable bonds is 3. The van der Waals surface area contributed by atoms with E-state index in [4.69, 9.17) is 5.73 Å². The minimum atomic E-state index is 0.635. The van der Waals surface area contributed by atoms with Crippen LogP contribution in [-0.4, -0.2) is 11.4 Å². The molecule has 0 amide bonds. The molecule has 0 saturated heterocycles. The van der Waals surface area contributed by atoms with E-state index in [2.05, 4.69) is 22.9 Å². The lowest BCUT2D eigenvalue weighted by Crippen LogP contribution is -2.00. The van der Waals surface area contributed by atoms with Crippen molar-refractivity contribution in [2.75, 3.05) is 6.54 Å². The Morgan fingerprint density at radius 3 is 2.43 bits per heavy atom. The molecule has 44 valence electrons. The summed E-state index contributed by atoms with van der Waals surface area (Å²) in [5, 5.41) is 0. The highest BCUT2D eigenvalue weighted by Crippen LogP contribution is 2.04. The van der Waals surface area contributed by atoms with Crippen LogP contribution in [0.15, 0.2) is 0 Å². The number of alkyl halides is 1. The van der Waals surface area contributed by atoms with Crippen LogP contribution < -0.4 is 5.73 Å². The topological polar surface area (TPSA) is 26.0 Å². The van der Waals surface area contributed by atoms with E-state index in [0.717, 1.165) is 13.0 Å². The maximum absolute atomic E-state index is 5.26. The average molecular weight is 166 g/mol. The molecule has 0 fully saturated rings. The Bertz CT molecular complexity index is 37.1. The molecule has 7 heavy (non-hydrogen) atoms. The Hall–Kier alpha value is 0.440. The molecule has 0 aromatic rings. The second kappa shape index (κ2) is 4.60. The van der Waals surface area contributed by atoms with E-state index < -0.39 is 0 Å². The fourth-order valence-electron chi connectivity index (χ4n) is 0.399. The molecule has 0 spiro atoms. The molecule has 0 aliphatic carbocycles. The van der Waals surface area contributed by atoms with Gasteiger partial charge in [-0.15, -0.1) is 0 Å². The molecular formula is C5H12BrN. The Balaban J connectivity index is 2.68. The van der Waals surface area contributed by atoms with Gasteiger partial charge in [0.2, 0.25) is 0 Å². The van der Waals surface area contributed by atoms with Crippen molar-refractivity contribution in [1.29, 1.82) is 0 Å². The maximum atomic E-state index is 5.26. The van der Waals surface area contributed by atoms with Crippen molar-refractivity contribution in [3.05, 3.63) is 0 Å². The minimum Gasteiger partial charge on any atom is -0.330 e. The second-order valence-electron chi connectivity index (χ2n) is 1.71. The molecule has 0 heterocycles. The molecule has 0 radical (unpaired) electrons. The van der Waals surface area contributed by atoms with Crippen LogP contribution in [0.25, 0.3) is 0 Å². The van der Waals surface area contributed by atoms with E-state index in [1.54, 1.807) is 0 Å². The van der Waals surface area contributed by atoms with Gasteiger partial charge in [0.05, 0.1) is 0 Å². The zero-order valence-corrected chi connectivity index (χ0v) is 6.24. The zero-order valence-electron chi connectivity index (χ0n) is 4.65. The van der Waals surface area contributed by atoms with Crippen LogP contribution in [0.4, 0.5) is 0 Å². The highest BCUT2D eigenvalue weighted by Gasteiger charge is 1.90. The summed E-state index contributed by atoms with van der Waals surface area (Å²) in [6.07, 6.45) is 2.32. The van der Waals surface area contributed by atoms with E-state index >= 15 is 0 Å². The van der Waals surface area contributed by atoms with Gasteiger partial charge in [-0.25, -0.2) is 0 Å². The quantitative estimate of drug-likeness (QED) is 0.631. The lowest BCUT2D eigenvalue weighted by Gasteiger charge is -1.97. The smallest absolute Gasteiger partial charge is 0.0118 e. The van der Waals surface area contributed by atoms with Gasteiger partial charge in [0.15, 0.2) is 0 Å². The van der Waals surface area contributed by atoms with Gasteiger partial charge in [-0.1, -0.05) is 22.9 Å². The van der Waals surface area contributed by atoms with Crippen molar-refractivity contribution >= 4 is 15.9 Å². The third-order valence-corrected chi connectivity index (χ3v) is 1.26. The molecule has 1 atom stereocenters. The first-order valence-corrected chi connectivity index (χ1v) is 3.53. The predicted molar refractivity (Wildman–Crippen MR) is 36.7 cm³/mol. The van der Waals surface area contributed by atoms with Crippen molar-refractivity contribution in [2.45, 2.75) is 24.6 Å². The summed E-state index contributed by atoms with van der Waals surface area (Å²) in [4.78, 5) is 0.635. The molecular weight excluding hydrogens is 154 g/mol. The van der Waals surface area contributed by atoms with Gasteiger partial charge in [0.1, 0.15) is 0 Å². The first kappa shape index (κ1) is 7.44. The van der Waals surface area contributed by atoms with Crippen molar-refractivity contribution < 1.29 is 0 Å². The summed E-state index contributed by atoms with van der Waals surface area (Å²) in [7, 11) is 0. The molecule has 0 bridgehead atoms. The molecule has 1 nitrogen and oxygen atoms in total. The molecule has 1 unspecified atom stereocenters. The normalized spacial score (nSPS) is 14.1. The SMILES string of the molecule is CC(Br)CCCN. The van der Waals surface area contributed by atoms with Gasteiger partial charge in [-0.3, -0.25) is 0 Å². The van der Waals surface area contributed by atoms with Crippen LogP contribution in [0, 0.1) is 0 Å². The Morgan fingerprint density at radius 1 is 1.71 bits per heavy atom. The summed E-state index contributed by atoms with van der Waals surface area (Å²) in [5.74, 6) is 0. The summed E-state index contributed by atoms with van der Waals surface area (Å²) >= 11 is 3.42. The Morgan fingerprint density at radius 2 is 2.29 bits per heavy atom. The van der Waals surface area contributed by atoms with Crippen molar-refractivity contribution in [2.24, 2.45) is 5.73 Å². The predicted octanol–water partition coefficient (Wildman–Crippen LogP) is 1.51.